The normalized spacial score (nSPS) is 10.5. The minimum atomic E-state index is 0.765. The molecule has 0 spiro atoms. The highest BCUT2D eigenvalue weighted by Gasteiger charge is 2.00. The van der Waals surface area contributed by atoms with E-state index in [-0.39, 0.29) is 0 Å². The van der Waals surface area contributed by atoms with Crippen LogP contribution in [0.5, 0.6) is 0 Å². The Morgan fingerprint density at radius 2 is 2.17 bits per heavy atom. The van der Waals surface area contributed by atoms with E-state index in [0.717, 1.165) is 17.0 Å². The molecule has 0 atom stereocenters. The fraction of sp³-hybridized carbons (Fsp3) is 0.250. The zero-order chi connectivity index (χ0) is 8.55. The number of hydrogen-bond acceptors (Lipinski definition) is 3. The van der Waals surface area contributed by atoms with Gasteiger partial charge in [-0.25, -0.2) is 9.97 Å². The third-order valence-corrected chi connectivity index (χ3v) is 1.73. The average molecular weight is 162 g/mol. The number of aromatic nitrogens is 3. The van der Waals surface area contributed by atoms with Gasteiger partial charge in [-0.05, 0) is 12.1 Å². The van der Waals surface area contributed by atoms with Crippen molar-refractivity contribution in [1.82, 2.24) is 15.0 Å². The number of imidazole rings is 1. The van der Waals surface area contributed by atoms with Crippen molar-refractivity contribution >= 4 is 17.0 Å². The van der Waals surface area contributed by atoms with Gasteiger partial charge in [0.15, 0.2) is 5.65 Å². The number of fused-ring (bicyclic) bond motifs is 1. The topological polar surface area (TPSA) is 44.8 Å². The third-order valence-electron chi connectivity index (χ3n) is 1.73. The highest BCUT2D eigenvalue weighted by Crippen LogP contribution is 2.12. The molecule has 0 unspecified atom stereocenters. The van der Waals surface area contributed by atoms with Crippen LogP contribution in [0.4, 0.5) is 5.82 Å². The predicted octanol–water partition coefficient (Wildman–Crippen LogP) is 1.02. The van der Waals surface area contributed by atoms with E-state index in [1.54, 1.807) is 6.33 Å². The standard InChI is InChI=1S/C8H10N4/c1-12(2)7-4-3-6-8(11-7)10-5-9-6/h3-5H,1-2H3,(H,9,10,11). The fourth-order valence-electron chi connectivity index (χ4n) is 1.06. The van der Waals surface area contributed by atoms with E-state index in [9.17, 15) is 0 Å². The number of aromatic amines is 1. The number of rotatable bonds is 1. The summed E-state index contributed by atoms with van der Waals surface area (Å²) >= 11 is 0. The van der Waals surface area contributed by atoms with Crippen LogP contribution in [0.2, 0.25) is 0 Å². The Hall–Kier alpha value is -1.58. The molecule has 12 heavy (non-hydrogen) atoms. The van der Waals surface area contributed by atoms with Crippen LogP contribution in [0, 0.1) is 0 Å². The summed E-state index contributed by atoms with van der Waals surface area (Å²) in [6.07, 6.45) is 1.65. The van der Waals surface area contributed by atoms with Gasteiger partial charge >= 0.3 is 0 Å². The smallest absolute Gasteiger partial charge is 0.179 e. The number of pyridine rings is 1. The van der Waals surface area contributed by atoms with Gasteiger partial charge in [-0.2, -0.15) is 0 Å². The molecule has 2 aromatic rings. The molecule has 4 heteroatoms. The molecule has 2 rings (SSSR count). The van der Waals surface area contributed by atoms with Crippen molar-refractivity contribution < 1.29 is 0 Å². The van der Waals surface area contributed by atoms with Crippen molar-refractivity contribution in [2.24, 2.45) is 0 Å². The number of nitrogens with zero attached hydrogens (tertiary/aromatic N) is 3. The molecule has 0 aliphatic heterocycles. The molecule has 0 amide bonds. The Morgan fingerprint density at radius 1 is 1.33 bits per heavy atom. The second-order valence-corrected chi connectivity index (χ2v) is 2.84. The number of anilines is 1. The average Bonchev–Trinajstić information content (AvgIpc) is 2.49. The summed E-state index contributed by atoms with van der Waals surface area (Å²) in [7, 11) is 3.92. The van der Waals surface area contributed by atoms with Gasteiger partial charge in [0.2, 0.25) is 0 Å². The van der Waals surface area contributed by atoms with Crippen LogP contribution < -0.4 is 4.90 Å². The predicted molar refractivity (Wildman–Crippen MR) is 48.2 cm³/mol. The van der Waals surface area contributed by atoms with Gasteiger partial charge in [0.25, 0.3) is 0 Å². The highest BCUT2D eigenvalue weighted by atomic mass is 15.1. The molecule has 0 saturated carbocycles. The lowest BCUT2D eigenvalue weighted by Crippen LogP contribution is -2.10. The molecule has 2 heterocycles. The van der Waals surface area contributed by atoms with Gasteiger partial charge < -0.3 is 9.88 Å². The largest absolute Gasteiger partial charge is 0.363 e. The molecule has 1 N–H and O–H groups in total. The maximum Gasteiger partial charge on any atom is 0.179 e. The van der Waals surface area contributed by atoms with Gasteiger partial charge in [0.1, 0.15) is 5.82 Å². The van der Waals surface area contributed by atoms with E-state index in [0.29, 0.717) is 0 Å². The lowest BCUT2D eigenvalue weighted by Gasteiger charge is -2.09. The minimum Gasteiger partial charge on any atom is -0.363 e. The number of nitrogens with one attached hydrogen (secondary N) is 1. The Balaban J connectivity index is 2.60. The molecule has 4 nitrogen and oxygen atoms in total. The first-order valence-corrected chi connectivity index (χ1v) is 3.75. The molecule has 0 aliphatic carbocycles. The van der Waals surface area contributed by atoms with Crippen molar-refractivity contribution in [2.75, 3.05) is 19.0 Å². The van der Waals surface area contributed by atoms with Crippen LogP contribution in [0.25, 0.3) is 11.2 Å². The maximum atomic E-state index is 4.32. The summed E-state index contributed by atoms with van der Waals surface area (Å²) in [6, 6.07) is 3.94. The molecule has 0 fully saturated rings. The van der Waals surface area contributed by atoms with E-state index in [1.807, 2.05) is 31.1 Å². The molecule has 0 aromatic carbocycles. The zero-order valence-corrected chi connectivity index (χ0v) is 7.07. The monoisotopic (exact) mass is 162 g/mol. The molecular weight excluding hydrogens is 152 g/mol. The van der Waals surface area contributed by atoms with E-state index in [4.69, 9.17) is 0 Å². The molecule has 0 bridgehead atoms. The van der Waals surface area contributed by atoms with E-state index >= 15 is 0 Å². The van der Waals surface area contributed by atoms with Crippen LogP contribution in [0.3, 0.4) is 0 Å². The fourth-order valence-corrected chi connectivity index (χ4v) is 1.06. The number of H-pyrrole nitrogens is 1. The maximum absolute atomic E-state index is 4.32. The Morgan fingerprint density at radius 3 is 2.92 bits per heavy atom. The van der Waals surface area contributed by atoms with Crippen molar-refractivity contribution in [1.29, 1.82) is 0 Å². The minimum absolute atomic E-state index is 0.765. The lowest BCUT2D eigenvalue weighted by atomic mass is 10.4. The number of hydrogen-bond donors (Lipinski definition) is 1. The van der Waals surface area contributed by atoms with Gasteiger partial charge in [0.05, 0.1) is 11.8 Å². The Kier molecular flexibility index (Phi) is 1.46. The molecule has 0 radical (unpaired) electrons. The van der Waals surface area contributed by atoms with Gasteiger partial charge in [-0.3, -0.25) is 0 Å². The van der Waals surface area contributed by atoms with E-state index in [1.165, 1.54) is 0 Å². The van der Waals surface area contributed by atoms with Gasteiger partial charge in [0, 0.05) is 14.1 Å². The van der Waals surface area contributed by atoms with E-state index in [2.05, 4.69) is 15.0 Å². The van der Waals surface area contributed by atoms with Crippen molar-refractivity contribution in [3.05, 3.63) is 18.5 Å². The summed E-state index contributed by atoms with van der Waals surface area (Å²) in [5.41, 5.74) is 1.74. The van der Waals surface area contributed by atoms with Crippen LogP contribution in [0.15, 0.2) is 18.5 Å². The molecule has 0 aliphatic rings. The first kappa shape index (κ1) is 7.09. The second-order valence-electron chi connectivity index (χ2n) is 2.84. The first-order valence-electron chi connectivity index (χ1n) is 3.75. The van der Waals surface area contributed by atoms with Gasteiger partial charge in [-0.15, -0.1) is 0 Å². The van der Waals surface area contributed by atoms with Crippen LogP contribution in [0.1, 0.15) is 0 Å². The quantitative estimate of drug-likeness (QED) is 0.681. The molecule has 62 valence electrons. The summed E-state index contributed by atoms with van der Waals surface area (Å²) in [6.45, 7) is 0. The summed E-state index contributed by atoms with van der Waals surface area (Å²) in [5.74, 6) is 0.926. The Labute approximate surface area is 70.3 Å². The third kappa shape index (κ3) is 1.01. The zero-order valence-electron chi connectivity index (χ0n) is 7.07. The van der Waals surface area contributed by atoms with E-state index < -0.39 is 0 Å². The summed E-state index contributed by atoms with van der Waals surface area (Å²) in [5, 5.41) is 0. The first-order chi connectivity index (χ1) is 5.77. The summed E-state index contributed by atoms with van der Waals surface area (Å²) < 4.78 is 0. The lowest BCUT2D eigenvalue weighted by molar-refractivity contribution is 1.08. The second kappa shape index (κ2) is 2.48. The summed E-state index contributed by atoms with van der Waals surface area (Å²) in [4.78, 5) is 13.3. The molecule has 2 aromatic heterocycles. The van der Waals surface area contributed by atoms with Crippen LogP contribution >= 0.6 is 0 Å². The van der Waals surface area contributed by atoms with Crippen LogP contribution in [-0.2, 0) is 0 Å². The van der Waals surface area contributed by atoms with Crippen molar-refractivity contribution in [2.45, 2.75) is 0 Å². The molecular formula is C8H10N4. The van der Waals surface area contributed by atoms with Crippen molar-refractivity contribution in [3.8, 4) is 0 Å². The van der Waals surface area contributed by atoms with Gasteiger partial charge in [-0.1, -0.05) is 0 Å². The van der Waals surface area contributed by atoms with Crippen LogP contribution in [-0.4, -0.2) is 29.0 Å². The Bertz CT molecular complexity index is 391. The highest BCUT2D eigenvalue weighted by molar-refractivity contribution is 5.72. The SMILES string of the molecule is CN(C)c1ccc2[nH]cnc2n1. The van der Waals surface area contributed by atoms with Crippen molar-refractivity contribution in [3.63, 3.8) is 0 Å². The molecule has 0 saturated heterocycles.